The van der Waals surface area contributed by atoms with Gasteiger partial charge in [0.1, 0.15) is 0 Å². The fourth-order valence-electron chi connectivity index (χ4n) is 4.08. The lowest BCUT2D eigenvalue weighted by atomic mass is 9.85. The van der Waals surface area contributed by atoms with Gasteiger partial charge in [0, 0.05) is 31.2 Å². The van der Waals surface area contributed by atoms with Gasteiger partial charge in [0.2, 0.25) is 0 Å². The minimum absolute atomic E-state index is 0.00689. The molecular formula is C16H33N3O. The zero-order valence-corrected chi connectivity index (χ0v) is 13.6. The number of hydrogen-bond donors (Lipinski definition) is 2. The number of aliphatic hydroxyl groups is 1. The second-order valence-electron chi connectivity index (χ2n) is 6.85. The highest BCUT2D eigenvalue weighted by atomic mass is 16.3. The molecule has 1 aliphatic carbocycles. The van der Waals surface area contributed by atoms with E-state index in [4.69, 9.17) is 0 Å². The summed E-state index contributed by atoms with van der Waals surface area (Å²) in [4.78, 5) is 5.06. The molecule has 2 aliphatic rings. The maximum atomic E-state index is 9.85. The van der Waals surface area contributed by atoms with Gasteiger partial charge in [-0.3, -0.25) is 0 Å². The summed E-state index contributed by atoms with van der Waals surface area (Å²) < 4.78 is 0. The van der Waals surface area contributed by atoms with Crippen molar-refractivity contribution in [3.63, 3.8) is 0 Å². The van der Waals surface area contributed by atoms with Crippen molar-refractivity contribution in [2.24, 2.45) is 5.92 Å². The van der Waals surface area contributed by atoms with Crippen LogP contribution in [-0.4, -0.2) is 72.9 Å². The van der Waals surface area contributed by atoms with Crippen LogP contribution in [0.15, 0.2) is 0 Å². The number of piperazine rings is 1. The van der Waals surface area contributed by atoms with Gasteiger partial charge in [-0.2, -0.15) is 0 Å². The van der Waals surface area contributed by atoms with Gasteiger partial charge >= 0.3 is 0 Å². The standard InChI is InChI=1S/C16H33N3O/c1-4-17-16(13-20)8-5-6-15(16)7-9-19-11-10-18(3)14(2)12-19/h14-15,17,20H,4-13H2,1-3H3. The summed E-state index contributed by atoms with van der Waals surface area (Å²) >= 11 is 0. The summed E-state index contributed by atoms with van der Waals surface area (Å²) in [7, 11) is 2.22. The molecule has 1 aliphatic heterocycles. The van der Waals surface area contributed by atoms with Gasteiger partial charge in [-0.05, 0) is 52.2 Å². The van der Waals surface area contributed by atoms with Crippen molar-refractivity contribution in [1.29, 1.82) is 0 Å². The number of hydrogen-bond acceptors (Lipinski definition) is 4. The number of nitrogens with zero attached hydrogens (tertiary/aromatic N) is 2. The second kappa shape index (κ2) is 7.21. The smallest absolute Gasteiger partial charge is 0.0616 e. The molecular weight excluding hydrogens is 250 g/mol. The summed E-state index contributed by atoms with van der Waals surface area (Å²) in [6, 6.07) is 0.670. The molecule has 2 fully saturated rings. The Balaban J connectivity index is 1.83. The van der Waals surface area contributed by atoms with Crippen LogP contribution in [0.1, 0.15) is 39.5 Å². The first kappa shape index (κ1) is 16.2. The molecule has 118 valence electrons. The molecule has 4 heteroatoms. The molecule has 0 amide bonds. The van der Waals surface area contributed by atoms with E-state index in [0.29, 0.717) is 18.6 Å². The van der Waals surface area contributed by atoms with E-state index in [1.807, 2.05) is 0 Å². The average molecular weight is 283 g/mol. The minimum Gasteiger partial charge on any atom is -0.394 e. The number of nitrogens with one attached hydrogen (secondary N) is 1. The van der Waals surface area contributed by atoms with Gasteiger partial charge in [0.25, 0.3) is 0 Å². The van der Waals surface area contributed by atoms with E-state index >= 15 is 0 Å². The summed E-state index contributed by atoms with van der Waals surface area (Å²) in [5.41, 5.74) is 0.00689. The van der Waals surface area contributed by atoms with Crippen LogP contribution in [0, 0.1) is 5.92 Å². The topological polar surface area (TPSA) is 38.7 Å². The van der Waals surface area contributed by atoms with Gasteiger partial charge < -0.3 is 20.2 Å². The molecule has 3 unspecified atom stereocenters. The SMILES string of the molecule is CCNC1(CO)CCCC1CCN1CCN(C)C(C)C1. The number of aliphatic hydroxyl groups excluding tert-OH is 1. The van der Waals surface area contributed by atoms with Crippen LogP contribution in [0.3, 0.4) is 0 Å². The lowest BCUT2D eigenvalue weighted by Crippen LogP contribution is -2.53. The second-order valence-corrected chi connectivity index (χ2v) is 6.85. The van der Waals surface area contributed by atoms with Gasteiger partial charge in [-0.15, -0.1) is 0 Å². The Morgan fingerprint density at radius 2 is 2.15 bits per heavy atom. The molecule has 20 heavy (non-hydrogen) atoms. The highest BCUT2D eigenvalue weighted by Crippen LogP contribution is 2.37. The quantitative estimate of drug-likeness (QED) is 0.767. The number of likely N-dealkylation sites (N-methyl/N-ethyl adjacent to an activating group) is 2. The predicted molar refractivity (Wildman–Crippen MR) is 84.0 cm³/mol. The highest BCUT2D eigenvalue weighted by molar-refractivity contribution is 4.99. The Bertz CT molecular complexity index is 299. The molecule has 2 rings (SSSR count). The van der Waals surface area contributed by atoms with Crippen LogP contribution in [-0.2, 0) is 0 Å². The van der Waals surface area contributed by atoms with Crippen molar-refractivity contribution in [2.75, 3.05) is 46.4 Å². The zero-order chi connectivity index (χ0) is 14.6. The summed E-state index contributed by atoms with van der Waals surface area (Å²) in [5, 5.41) is 13.4. The van der Waals surface area contributed by atoms with Crippen LogP contribution in [0.25, 0.3) is 0 Å². The Morgan fingerprint density at radius 1 is 1.35 bits per heavy atom. The third kappa shape index (κ3) is 3.53. The minimum atomic E-state index is 0.00689. The van der Waals surface area contributed by atoms with E-state index in [9.17, 15) is 5.11 Å². The van der Waals surface area contributed by atoms with Gasteiger partial charge in [-0.25, -0.2) is 0 Å². The van der Waals surface area contributed by atoms with Crippen molar-refractivity contribution in [3.05, 3.63) is 0 Å². The first-order valence-corrected chi connectivity index (χ1v) is 8.40. The molecule has 1 heterocycles. The molecule has 0 bridgehead atoms. The zero-order valence-electron chi connectivity index (χ0n) is 13.6. The van der Waals surface area contributed by atoms with E-state index < -0.39 is 0 Å². The lowest BCUT2D eigenvalue weighted by molar-refractivity contribution is 0.0823. The van der Waals surface area contributed by atoms with Crippen LogP contribution < -0.4 is 5.32 Å². The van der Waals surface area contributed by atoms with Crippen molar-refractivity contribution < 1.29 is 5.11 Å². The Labute approximate surface area is 124 Å². The Kier molecular flexibility index (Phi) is 5.84. The summed E-state index contributed by atoms with van der Waals surface area (Å²) in [5.74, 6) is 0.641. The van der Waals surface area contributed by atoms with Gasteiger partial charge in [-0.1, -0.05) is 13.3 Å². The van der Waals surface area contributed by atoms with Crippen molar-refractivity contribution in [2.45, 2.75) is 51.1 Å². The molecule has 0 spiro atoms. The fraction of sp³-hybridized carbons (Fsp3) is 1.00. The van der Waals surface area contributed by atoms with E-state index in [1.54, 1.807) is 0 Å². The molecule has 0 radical (unpaired) electrons. The normalized spacial score (nSPS) is 36.6. The van der Waals surface area contributed by atoms with Crippen LogP contribution in [0.4, 0.5) is 0 Å². The highest BCUT2D eigenvalue weighted by Gasteiger charge is 2.41. The fourth-order valence-corrected chi connectivity index (χ4v) is 4.08. The Hall–Kier alpha value is -0.160. The molecule has 3 atom stereocenters. The van der Waals surface area contributed by atoms with E-state index in [-0.39, 0.29) is 5.54 Å². The number of rotatable bonds is 6. The lowest BCUT2D eigenvalue weighted by Gasteiger charge is -2.40. The third-order valence-electron chi connectivity index (χ3n) is 5.61. The van der Waals surface area contributed by atoms with E-state index in [1.165, 1.54) is 45.4 Å². The molecule has 1 saturated carbocycles. The molecule has 0 aromatic rings. The molecule has 4 nitrogen and oxygen atoms in total. The van der Waals surface area contributed by atoms with E-state index in [2.05, 4.69) is 36.0 Å². The molecule has 0 aromatic heterocycles. The third-order valence-corrected chi connectivity index (χ3v) is 5.61. The Morgan fingerprint density at radius 3 is 2.80 bits per heavy atom. The maximum absolute atomic E-state index is 9.85. The molecule has 0 aromatic carbocycles. The van der Waals surface area contributed by atoms with Gasteiger partial charge in [0.15, 0.2) is 0 Å². The largest absolute Gasteiger partial charge is 0.394 e. The van der Waals surface area contributed by atoms with Crippen molar-refractivity contribution in [3.8, 4) is 0 Å². The van der Waals surface area contributed by atoms with Crippen LogP contribution in [0.5, 0.6) is 0 Å². The molecule has 2 N–H and O–H groups in total. The summed E-state index contributed by atoms with van der Waals surface area (Å²) in [6.45, 7) is 10.5. The van der Waals surface area contributed by atoms with Crippen LogP contribution >= 0.6 is 0 Å². The van der Waals surface area contributed by atoms with Crippen LogP contribution in [0.2, 0.25) is 0 Å². The summed E-state index contributed by atoms with van der Waals surface area (Å²) in [6.07, 6.45) is 4.90. The average Bonchev–Trinajstić information content (AvgIpc) is 2.84. The first-order valence-electron chi connectivity index (χ1n) is 8.40. The first-order chi connectivity index (χ1) is 9.61. The van der Waals surface area contributed by atoms with Crippen molar-refractivity contribution >= 4 is 0 Å². The van der Waals surface area contributed by atoms with Gasteiger partial charge in [0.05, 0.1) is 6.61 Å². The predicted octanol–water partition coefficient (Wildman–Crippen LogP) is 1.15. The van der Waals surface area contributed by atoms with Crippen molar-refractivity contribution in [1.82, 2.24) is 15.1 Å². The monoisotopic (exact) mass is 283 g/mol. The maximum Gasteiger partial charge on any atom is 0.0616 e. The van der Waals surface area contributed by atoms with E-state index in [0.717, 1.165) is 13.0 Å². The molecule has 1 saturated heterocycles.